The lowest BCUT2D eigenvalue weighted by atomic mass is 10.0. The summed E-state index contributed by atoms with van der Waals surface area (Å²) < 4.78 is 29.0. The number of amides is 2. The van der Waals surface area contributed by atoms with Crippen molar-refractivity contribution in [2.75, 3.05) is 10.8 Å². The van der Waals surface area contributed by atoms with E-state index in [4.69, 9.17) is 0 Å². The van der Waals surface area contributed by atoms with Crippen LogP contribution in [-0.2, 0) is 26.2 Å². The van der Waals surface area contributed by atoms with Gasteiger partial charge in [-0.2, -0.15) is 0 Å². The first-order valence-electron chi connectivity index (χ1n) is 14.1. The Bertz CT molecular complexity index is 1430. The predicted octanol–water partition coefficient (Wildman–Crippen LogP) is 6.04. The fraction of sp³-hybridized carbons (Fsp3) is 0.394. The molecule has 41 heavy (non-hydrogen) atoms. The minimum atomic E-state index is -4.09. The molecule has 0 saturated heterocycles. The highest BCUT2D eigenvalue weighted by atomic mass is 32.2. The van der Waals surface area contributed by atoms with Gasteiger partial charge in [-0.3, -0.25) is 13.9 Å². The molecule has 0 radical (unpaired) electrons. The van der Waals surface area contributed by atoms with Crippen LogP contribution in [0.3, 0.4) is 0 Å². The first-order chi connectivity index (χ1) is 19.2. The van der Waals surface area contributed by atoms with Crippen molar-refractivity contribution in [2.24, 2.45) is 0 Å². The van der Waals surface area contributed by atoms with Crippen molar-refractivity contribution in [3.8, 4) is 0 Å². The van der Waals surface area contributed by atoms with Gasteiger partial charge in [0.2, 0.25) is 11.8 Å². The molecule has 0 aliphatic carbocycles. The molecule has 0 heterocycles. The van der Waals surface area contributed by atoms with Crippen molar-refractivity contribution in [1.82, 2.24) is 10.2 Å². The molecule has 1 unspecified atom stereocenters. The average Bonchev–Trinajstić information content (AvgIpc) is 2.91. The second-order valence-electron chi connectivity index (χ2n) is 11.7. The lowest BCUT2D eigenvalue weighted by Crippen LogP contribution is -2.55. The van der Waals surface area contributed by atoms with Crippen molar-refractivity contribution in [1.29, 1.82) is 0 Å². The van der Waals surface area contributed by atoms with E-state index >= 15 is 0 Å². The maximum atomic E-state index is 14.2. The number of carbonyl (C=O) groups excluding carboxylic acids is 2. The van der Waals surface area contributed by atoms with E-state index in [1.54, 1.807) is 30.3 Å². The second kappa shape index (κ2) is 13.3. The fourth-order valence-corrected chi connectivity index (χ4v) is 6.09. The monoisotopic (exact) mass is 577 g/mol. The van der Waals surface area contributed by atoms with Gasteiger partial charge in [0.1, 0.15) is 12.6 Å². The molecule has 0 aromatic heterocycles. The van der Waals surface area contributed by atoms with Gasteiger partial charge in [-0.1, -0.05) is 80.9 Å². The zero-order valence-electron chi connectivity index (χ0n) is 25.2. The maximum Gasteiger partial charge on any atom is 0.264 e. The van der Waals surface area contributed by atoms with Crippen molar-refractivity contribution in [2.45, 2.75) is 83.8 Å². The van der Waals surface area contributed by atoms with Crippen LogP contribution in [0.5, 0.6) is 0 Å². The maximum absolute atomic E-state index is 14.2. The Hall–Kier alpha value is -3.65. The molecule has 0 aliphatic heterocycles. The molecule has 0 bridgehead atoms. The van der Waals surface area contributed by atoms with Crippen LogP contribution >= 0.6 is 0 Å². The summed E-state index contributed by atoms with van der Waals surface area (Å²) in [7, 11) is -4.09. The molecule has 8 heteroatoms. The van der Waals surface area contributed by atoms with Gasteiger partial charge >= 0.3 is 0 Å². The van der Waals surface area contributed by atoms with E-state index in [-0.39, 0.29) is 23.3 Å². The van der Waals surface area contributed by atoms with Crippen LogP contribution in [0.2, 0.25) is 0 Å². The van der Waals surface area contributed by atoms with Crippen LogP contribution in [0.1, 0.15) is 70.6 Å². The molecular weight excluding hydrogens is 534 g/mol. The summed E-state index contributed by atoms with van der Waals surface area (Å²) in [5, 5.41) is 3.00. The van der Waals surface area contributed by atoms with E-state index in [0.29, 0.717) is 12.1 Å². The highest BCUT2D eigenvalue weighted by Crippen LogP contribution is 2.27. The molecule has 1 atom stereocenters. The van der Waals surface area contributed by atoms with Crippen LogP contribution in [0.25, 0.3) is 0 Å². The first-order valence-corrected chi connectivity index (χ1v) is 15.5. The van der Waals surface area contributed by atoms with Gasteiger partial charge in [0, 0.05) is 12.1 Å². The normalized spacial score (nSPS) is 12.6. The number of sulfonamides is 1. The van der Waals surface area contributed by atoms with E-state index in [9.17, 15) is 18.0 Å². The van der Waals surface area contributed by atoms with Crippen molar-refractivity contribution >= 4 is 27.5 Å². The molecule has 2 amide bonds. The van der Waals surface area contributed by atoms with Crippen LogP contribution < -0.4 is 9.62 Å². The van der Waals surface area contributed by atoms with E-state index in [1.165, 1.54) is 17.0 Å². The van der Waals surface area contributed by atoms with Crippen molar-refractivity contribution in [3.05, 3.63) is 95.6 Å². The number of aryl methyl sites for hydroxylation is 1. The number of benzene rings is 3. The minimum Gasteiger partial charge on any atom is -0.350 e. The minimum absolute atomic E-state index is 0.0866. The molecule has 0 spiro atoms. The van der Waals surface area contributed by atoms with Crippen LogP contribution in [-0.4, -0.2) is 43.3 Å². The van der Waals surface area contributed by atoms with Gasteiger partial charge in [0.15, 0.2) is 0 Å². The third-order valence-corrected chi connectivity index (χ3v) is 8.57. The molecule has 0 saturated carbocycles. The number of anilines is 1. The number of hydrogen-bond donors (Lipinski definition) is 1. The zero-order valence-corrected chi connectivity index (χ0v) is 26.0. The third-order valence-electron chi connectivity index (χ3n) is 6.78. The molecule has 3 aromatic rings. The van der Waals surface area contributed by atoms with Crippen molar-refractivity contribution < 1.29 is 18.0 Å². The first kappa shape index (κ1) is 31.9. The molecule has 0 aliphatic rings. The summed E-state index contributed by atoms with van der Waals surface area (Å²) in [4.78, 5) is 29.2. The molecule has 0 fully saturated rings. The Morgan fingerprint density at radius 1 is 0.902 bits per heavy atom. The predicted molar refractivity (Wildman–Crippen MR) is 165 cm³/mol. The Balaban J connectivity index is 2.08. The lowest BCUT2D eigenvalue weighted by Gasteiger charge is -2.35. The fourth-order valence-electron chi connectivity index (χ4n) is 4.65. The quantitative estimate of drug-likeness (QED) is 0.301. The van der Waals surface area contributed by atoms with E-state index in [1.807, 2.05) is 71.0 Å². The Kier molecular flexibility index (Phi) is 10.4. The summed E-state index contributed by atoms with van der Waals surface area (Å²) in [6.07, 6.45) is 0.369. The summed E-state index contributed by atoms with van der Waals surface area (Å²) in [5.41, 5.74) is 2.83. The highest BCUT2D eigenvalue weighted by molar-refractivity contribution is 7.92. The van der Waals surface area contributed by atoms with E-state index in [2.05, 4.69) is 19.2 Å². The van der Waals surface area contributed by atoms with Crippen molar-refractivity contribution in [3.63, 3.8) is 0 Å². The van der Waals surface area contributed by atoms with E-state index < -0.39 is 34.1 Å². The van der Waals surface area contributed by atoms with Gasteiger partial charge in [-0.05, 0) is 75.4 Å². The number of carbonyl (C=O) groups is 2. The molecule has 3 rings (SSSR count). The largest absolute Gasteiger partial charge is 0.350 e. The van der Waals surface area contributed by atoms with E-state index in [0.717, 1.165) is 21.0 Å². The van der Waals surface area contributed by atoms with Crippen LogP contribution in [0.4, 0.5) is 5.69 Å². The Morgan fingerprint density at radius 3 is 2.07 bits per heavy atom. The second-order valence-corrected chi connectivity index (χ2v) is 13.6. The summed E-state index contributed by atoms with van der Waals surface area (Å²) in [5.74, 6) is -0.476. The number of nitrogens with zero attached hydrogens (tertiary/aromatic N) is 2. The number of nitrogens with one attached hydrogen (secondary N) is 1. The Morgan fingerprint density at radius 2 is 1.54 bits per heavy atom. The third kappa shape index (κ3) is 8.43. The molecule has 7 nitrogen and oxygen atoms in total. The average molecular weight is 578 g/mol. The molecule has 220 valence electrons. The Labute approximate surface area is 245 Å². The van der Waals surface area contributed by atoms with Gasteiger partial charge in [0.25, 0.3) is 10.0 Å². The number of rotatable bonds is 11. The summed E-state index contributed by atoms with van der Waals surface area (Å²) >= 11 is 0. The smallest absolute Gasteiger partial charge is 0.264 e. The van der Waals surface area contributed by atoms with Crippen LogP contribution in [0, 0.1) is 6.92 Å². The van der Waals surface area contributed by atoms with Gasteiger partial charge in [-0.25, -0.2) is 8.42 Å². The SMILES string of the molecule is CCC(C(=O)NC(C)(C)C)N(Cc1cccc(C)c1)C(=O)CN(c1ccc(C(C)C)cc1)S(=O)(=O)c1ccccc1. The molecular formula is C33H43N3O4S. The lowest BCUT2D eigenvalue weighted by molar-refractivity contribution is -0.141. The standard InChI is InChI=1S/C33H43N3O4S/c1-8-30(32(38)34-33(5,6)7)35(22-26-14-12-13-25(4)21-26)31(37)23-36(28-19-17-27(18-20-28)24(2)3)41(39,40)29-15-10-9-11-16-29/h9-21,24,30H,8,22-23H2,1-7H3,(H,34,38). The highest BCUT2D eigenvalue weighted by Gasteiger charge is 2.34. The number of hydrogen-bond acceptors (Lipinski definition) is 4. The topological polar surface area (TPSA) is 86.8 Å². The molecule has 1 N–H and O–H groups in total. The van der Waals surface area contributed by atoms with Gasteiger partial charge < -0.3 is 10.2 Å². The zero-order chi connectivity index (χ0) is 30.4. The van der Waals surface area contributed by atoms with Gasteiger partial charge in [0.05, 0.1) is 10.6 Å². The van der Waals surface area contributed by atoms with Gasteiger partial charge in [-0.15, -0.1) is 0 Å². The summed E-state index contributed by atoms with van der Waals surface area (Å²) in [6, 6.07) is 22.3. The van der Waals surface area contributed by atoms with Crippen LogP contribution in [0.15, 0.2) is 83.8 Å². The molecule has 3 aromatic carbocycles. The summed E-state index contributed by atoms with van der Waals surface area (Å²) in [6.45, 7) is 13.3.